The van der Waals surface area contributed by atoms with Gasteiger partial charge >= 0.3 is 5.97 Å². The molecule has 0 radical (unpaired) electrons. The number of carbonyl (C=O) groups is 6. The van der Waals surface area contributed by atoms with Gasteiger partial charge in [-0.3, -0.25) is 28.8 Å². The number of cyclic esters (lactones) is 1. The van der Waals surface area contributed by atoms with E-state index in [0.29, 0.717) is 64.7 Å². The highest BCUT2D eigenvalue weighted by Crippen LogP contribution is 2.46. The SMILES string of the molecule is CC[C@@]1(O)C(=O)OCc2c1cc1n(c2=O)Cc2c-1nc1cc(F)c(C)c3c1c2[C@@H](NC(=O)C(OCNC(=O)CNC(=O)[C@H](Cc1ccccc1)NC(=O)CNC(=O)CN)C1CC1)CC3. The number of fused-ring (bicyclic) bond motifs is 5. The van der Waals surface area contributed by atoms with E-state index < -0.39 is 83.8 Å². The van der Waals surface area contributed by atoms with Crippen molar-refractivity contribution >= 4 is 46.4 Å². The Hall–Kier alpha value is -6.57. The molecule has 8 N–H and O–H groups in total. The van der Waals surface area contributed by atoms with Crippen LogP contribution in [0, 0.1) is 18.7 Å². The van der Waals surface area contributed by atoms with Crippen LogP contribution in [0.4, 0.5) is 4.39 Å². The third-order valence-corrected chi connectivity index (χ3v) is 12.5. The van der Waals surface area contributed by atoms with E-state index in [9.17, 15) is 38.7 Å². The van der Waals surface area contributed by atoms with Crippen LogP contribution < -0.4 is 37.9 Å². The van der Waals surface area contributed by atoms with Gasteiger partial charge in [-0.15, -0.1) is 0 Å². The summed E-state index contributed by atoms with van der Waals surface area (Å²) >= 11 is 0. The summed E-state index contributed by atoms with van der Waals surface area (Å²) in [6, 6.07) is 10.2. The zero-order valence-electron chi connectivity index (χ0n) is 35.3. The first-order valence-corrected chi connectivity index (χ1v) is 21.3. The van der Waals surface area contributed by atoms with Gasteiger partial charge in [0.15, 0.2) is 5.60 Å². The minimum absolute atomic E-state index is 0.0335. The molecule has 4 aromatic rings. The number of hydrogen-bond donors (Lipinski definition) is 7. The molecule has 64 heavy (non-hydrogen) atoms. The van der Waals surface area contributed by atoms with Crippen molar-refractivity contribution < 1.29 is 47.7 Å². The van der Waals surface area contributed by atoms with Gasteiger partial charge in [-0.25, -0.2) is 14.2 Å². The van der Waals surface area contributed by atoms with Gasteiger partial charge in [0.25, 0.3) is 5.56 Å². The van der Waals surface area contributed by atoms with Gasteiger partial charge < -0.3 is 51.5 Å². The number of pyridine rings is 2. The topological polar surface area (TPSA) is 262 Å². The van der Waals surface area contributed by atoms with Gasteiger partial charge in [-0.05, 0) is 73.3 Å². The molecule has 4 atom stereocenters. The van der Waals surface area contributed by atoms with E-state index in [4.69, 9.17) is 20.2 Å². The molecule has 1 unspecified atom stereocenters. The van der Waals surface area contributed by atoms with E-state index in [1.807, 2.05) is 0 Å². The van der Waals surface area contributed by atoms with Crippen LogP contribution in [0.15, 0.2) is 47.3 Å². The Labute approximate surface area is 365 Å². The number of carbonyl (C=O) groups excluding carboxylic acids is 6. The quantitative estimate of drug-likeness (QED) is 0.0526. The van der Waals surface area contributed by atoms with Crippen LogP contribution in [-0.4, -0.2) is 88.7 Å². The Morgan fingerprint density at radius 2 is 1.73 bits per heavy atom. The summed E-state index contributed by atoms with van der Waals surface area (Å²) in [4.78, 5) is 96.0. The third-order valence-electron chi connectivity index (χ3n) is 12.5. The fourth-order valence-electron chi connectivity index (χ4n) is 8.90. The Balaban J connectivity index is 0.963. The average Bonchev–Trinajstić information content (AvgIpc) is 4.07. The maximum Gasteiger partial charge on any atom is 0.343 e. The monoisotopic (exact) mass is 880 g/mol. The Morgan fingerprint density at radius 3 is 2.45 bits per heavy atom. The van der Waals surface area contributed by atoms with E-state index in [-0.39, 0.29) is 56.3 Å². The predicted octanol–water partition coefficient (Wildman–Crippen LogP) is 0.418. The van der Waals surface area contributed by atoms with Crippen LogP contribution in [0.5, 0.6) is 0 Å². The third kappa shape index (κ3) is 8.45. The number of nitrogens with two attached hydrogens (primary N) is 1. The van der Waals surface area contributed by atoms with Gasteiger partial charge in [0.2, 0.25) is 29.5 Å². The van der Waals surface area contributed by atoms with Crippen LogP contribution in [0.2, 0.25) is 0 Å². The lowest BCUT2D eigenvalue weighted by Gasteiger charge is -2.31. The minimum atomic E-state index is -2.04. The molecule has 336 valence electrons. The molecule has 4 aliphatic rings. The molecule has 0 spiro atoms. The normalized spacial score (nSPS) is 19.0. The number of nitrogens with one attached hydrogen (secondary N) is 5. The van der Waals surface area contributed by atoms with E-state index in [1.165, 1.54) is 10.6 Å². The van der Waals surface area contributed by atoms with Gasteiger partial charge in [-0.1, -0.05) is 37.3 Å². The molecule has 2 aliphatic heterocycles. The lowest BCUT2D eigenvalue weighted by molar-refractivity contribution is -0.172. The number of amides is 5. The van der Waals surface area contributed by atoms with Crippen molar-refractivity contribution in [1.82, 2.24) is 36.1 Å². The van der Waals surface area contributed by atoms with Crippen molar-refractivity contribution in [3.05, 3.63) is 97.6 Å². The summed E-state index contributed by atoms with van der Waals surface area (Å²) in [5.74, 6) is -4.27. The van der Waals surface area contributed by atoms with Gasteiger partial charge in [0.1, 0.15) is 31.3 Å². The molecule has 2 aliphatic carbocycles. The number of aryl methyl sites for hydroxylation is 1. The Morgan fingerprint density at radius 1 is 0.984 bits per heavy atom. The molecule has 2 aromatic carbocycles. The molecule has 8 rings (SSSR count). The number of ether oxygens (including phenoxy) is 2. The first-order valence-electron chi connectivity index (χ1n) is 21.3. The smallest absolute Gasteiger partial charge is 0.343 e. The lowest BCUT2D eigenvalue weighted by Crippen LogP contribution is -2.52. The second-order valence-corrected chi connectivity index (χ2v) is 16.6. The van der Waals surface area contributed by atoms with Crippen LogP contribution in [0.25, 0.3) is 22.3 Å². The molecule has 18 nitrogen and oxygen atoms in total. The second-order valence-electron chi connectivity index (χ2n) is 16.6. The van der Waals surface area contributed by atoms with Crippen molar-refractivity contribution in [2.45, 2.75) is 89.3 Å². The van der Waals surface area contributed by atoms with Gasteiger partial charge in [0.05, 0.1) is 54.7 Å². The molecule has 0 bridgehead atoms. The molecule has 2 aromatic heterocycles. The number of hydrogen-bond acceptors (Lipinski definition) is 12. The maximum atomic E-state index is 15.4. The molecule has 1 fully saturated rings. The summed E-state index contributed by atoms with van der Waals surface area (Å²) < 4.78 is 28.1. The molecular formula is C45H49FN8O10. The summed E-state index contributed by atoms with van der Waals surface area (Å²) in [6.07, 6.45) is 1.39. The maximum absolute atomic E-state index is 15.4. The number of aromatic nitrogens is 2. The summed E-state index contributed by atoms with van der Waals surface area (Å²) in [5, 5.41) is 25.3. The summed E-state index contributed by atoms with van der Waals surface area (Å²) in [6.45, 7) is 1.57. The minimum Gasteiger partial charge on any atom is -0.458 e. The van der Waals surface area contributed by atoms with Crippen molar-refractivity contribution in [1.29, 1.82) is 0 Å². The van der Waals surface area contributed by atoms with E-state index in [0.717, 1.165) is 11.1 Å². The highest BCUT2D eigenvalue weighted by Gasteiger charge is 2.46. The number of nitrogens with zero attached hydrogens (tertiary/aromatic N) is 2. The number of esters is 1. The first kappa shape index (κ1) is 44.1. The second kappa shape index (κ2) is 17.9. The van der Waals surface area contributed by atoms with Gasteiger partial charge in [0, 0.05) is 29.0 Å². The molecule has 19 heteroatoms. The van der Waals surface area contributed by atoms with Crippen LogP contribution in [0.1, 0.15) is 77.6 Å². The lowest BCUT2D eigenvalue weighted by atomic mass is 9.81. The predicted molar refractivity (Wildman–Crippen MR) is 226 cm³/mol. The number of rotatable bonds is 16. The van der Waals surface area contributed by atoms with Crippen molar-refractivity contribution in [3.8, 4) is 11.4 Å². The molecule has 0 saturated heterocycles. The molecule has 4 heterocycles. The van der Waals surface area contributed by atoms with Crippen LogP contribution >= 0.6 is 0 Å². The standard InChI is InChI=1S/C45H49FN8O10/c1-3-45(62)28-14-33-39-26(19-54(33)43(60)27(28)20-63-44(45)61)38-30(12-11-25-22(2)29(46)15-31(52-39)37(25)38)53-42(59)40(24-9-10-24)64-21-50-35(56)17-49-41(58)32(13-23-7-5-4-6-8-23)51-36(57)18-48-34(55)16-47/h4-8,14-15,24,30,32,40,62H,3,9-13,16-21,47H2,1-2H3,(H,48,55)(H,49,58)(H,50,56)(H,51,57)(H,53,59)/t30-,32-,40?,45-/m0/s1. The highest BCUT2D eigenvalue weighted by molar-refractivity contribution is 5.95. The van der Waals surface area contributed by atoms with Gasteiger partial charge in [-0.2, -0.15) is 0 Å². The van der Waals surface area contributed by atoms with Crippen LogP contribution in [0.3, 0.4) is 0 Å². The number of aliphatic hydroxyl groups is 1. The first-order chi connectivity index (χ1) is 30.7. The Kier molecular flexibility index (Phi) is 12.3. The summed E-state index contributed by atoms with van der Waals surface area (Å²) in [5.41, 5.74) is 7.48. The fourth-order valence-corrected chi connectivity index (χ4v) is 8.90. The number of benzene rings is 2. The molecule has 1 saturated carbocycles. The zero-order valence-corrected chi connectivity index (χ0v) is 35.3. The zero-order chi connectivity index (χ0) is 45.4. The molecular weight excluding hydrogens is 832 g/mol. The van der Waals surface area contributed by atoms with E-state index >= 15 is 4.39 Å². The number of halogens is 1. The van der Waals surface area contributed by atoms with Crippen molar-refractivity contribution in [2.24, 2.45) is 11.7 Å². The highest BCUT2D eigenvalue weighted by atomic mass is 19.1. The average molecular weight is 881 g/mol. The van der Waals surface area contributed by atoms with E-state index in [2.05, 4.69) is 26.6 Å². The summed E-state index contributed by atoms with van der Waals surface area (Å²) in [7, 11) is 0. The Bertz CT molecular complexity index is 2650. The largest absolute Gasteiger partial charge is 0.458 e. The van der Waals surface area contributed by atoms with E-state index in [1.54, 1.807) is 50.2 Å². The van der Waals surface area contributed by atoms with Crippen molar-refractivity contribution in [2.75, 3.05) is 26.4 Å². The fraction of sp³-hybridized carbons (Fsp3) is 0.422. The van der Waals surface area contributed by atoms with Crippen LogP contribution in [-0.2, 0) is 69.8 Å². The molecule has 5 amide bonds. The van der Waals surface area contributed by atoms with Crippen molar-refractivity contribution in [3.63, 3.8) is 0 Å².